The lowest BCUT2D eigenvalue weighted by atomic mass is 10.1. The molecular weight excluding hydrogens is 356 g/mol. The van der Waals surface area contributed by atoms with Gasteiger partial charge in [0.15, 0.2) is 5.13 Å². The number of benzene rings is 2. The molecule has 4 nitrogen and oxygen atoms in total. The molecule has 3 rings (SSSR count). The number of ether oxygens (including phenoxy) is 1. The molecule has 0 spiro atoms. The van der Waals surface area contributed by atoms with Crippen LogP contribution in [0.3, 0.4) is 0 Å². The van der Waals surface area contributed by atoms with E-state index in [1.54, 1.807) is 0 Å². The van der Waals surface area contributed by atoms with Crippen LogP contribution in [-0.4, -0.2) is 17.5 Å². The number of carbonyl (C=O) groups excluding carboxylic acids is 1. The molecule has 1 N–H and O–H groups in total. The number of hydrogen-bond acceptors (Lipinski definition) is 4. The lowest BCUT2D eigenvalue weighted by Crippen LogP contribution is -2.12. The van der Waals surface area contributed by atoms with Crippen LogP contribution >= 0.6 is 11.3 Å². The summed E-state index contributed by atoms with van der Waals surface area (Å²) in [6.45, 7) is 6.74. The fourth-order valence-electron chi connectivity index (χ4n) is 2.60. The molecule has 0 radical (unpaired) electrons. The second-order valence-electron chi connectivity index (χ2n) is 6.65. The summed E-state index contributed by atoms with van der Waals surface area (Å²) < 4.78 is 5.65. The molecule has 0 aliphatic heterocycles. The van der Waals surface area contributed by atoms with Crippen LogP contribution < -0.4 is 10.1 Å². The molecular formula is C22H24N2O2S. The summed E-state index contributed by atoms with van der Waals surface area (Å²) >= 11 is 1.45. The molecule has 0 unspecified atom stereocenters. The van der Waals surface area contributed by atoms with Crippen molar-refractivity contribution in [3.63, 3.8) is 0 Å². The van der Waals surface area contributed by atoms with E-state index in [9.17, 15) is 4.79 Å². The number of nitrogens with zero attached hydrogens (tertiary/aromatic N) is 1. The molecule has 1 aromatic heterocycles. The topological polar surface area (TPSA) is 51.2 Å². The first-order chi connectivity index (χ1) is 13.0. The van der Waals surface area contributed by atoms with E-state index < -0.39 is 0 Å². The first-order valence-corrected chi connectivity index (χ1v) is 9.92. The Morgan fingerprint density at radius 2 is 1.85 bits per heavy atom. The summed E-state index contributed by atoms with van der Waals surface area (Å²) in [5.41, 5.74) is 5.66. The maximum atomic E-state index is 12.1. The van der Waals surface area contributed by atoms with Gasteiger partial charge in [0.25, 0.3) is 0 Å². The fourth-order valence-corrected chi connectivity index (χ4v) is 3.34. The summed E-state index contributed by atoms with van der Waals surface area (Å²) in [5, 5.41) is 5.48. The van der Waals surface area contributed by atoms with Crippen molar-refractivity contribution in [1.82, 2.24) is 4.98 Å². The quantitative estimate of drug-likeness (QED) is 0.548. The lowest BCUT2D eigenvalue weighted by molar-refractivity contribution is -0.116. The van der Waals surface area contributed by atoms with Gasteiger partial charge in [-0.05, 0) is 56.5 Å². The van der Waals surface area contributed by atoms with E-state index in [1.807, 2.05) is 36.6 Å². The molecule has 2 aromatic carbocycles. The Bertz CT molecular complexity index is 916. The molecule has 3 aromatic rings. The Hall–Kier alpha value is -2.66. The molecule has 27 heavy (non-hydrogen) atoms. The lowest BCUT2D eigenvalue weighted by Gasteiger charge is -2.06. The third kappa shape index (κ3) is 5.41. The van der Waals surface area contributed by atoms with Crippen molar-refractivity contribution >= 4 is 22.4 Å². The van der Waals surface area contributed by atoms with Gasteiger partial charge in [-0.3, -0.25) is 4.79 Å². The first-order valence-electron chi connectivity index (χ1n) is 9.04. The molecule has 0 bridgehead atoms. The van der Waals surface area contributed by atoms with Crippen molar-refractivity contribution in [3.05, 3.63) is 64.5 Å². The number of nitrogens with one attached hydrogen (secondary N) is 1. The van der Waals surface area contributed by atoms with Crippen LogP contribution in [0.1, 0.15) is 29.5 Å². The highest BCUT2D eigenvalue weighted by molar-refractivity contribution is 7.14. The van der Waals surface area contributed by atoms with E-state index in [0.29, 0.717) is 24.6 Å². The van der Waals surface area contributed by atoms with Gasteiger partial charge in [0.2, 0.25) is 5.91 Å². The number of rotatable bonds is 7. The molecule has 1 amide bonds. The maximum Gasteiger partial charge on any atom is 0.226 e. The second-order valence-corrected chi connectivity index (χ2v) is 7.51. The zero-order chi connectivity index (χ0) is 19.2. The minimum atomic E-state index is -0.0384. The van der Waals surface area contributed by atoms with Crippen LogP contribution in [0.4, 0.5) is 5.13 Å². The van der Waals surface area contributed by atoms with E-state index in [2.05, 4.69) is 42.3 Å². The van der Waals surface area contributed by atoms with Gasteiger partial charge in [-0.25, -0.2) is 4.98 Å². The maximum absolute atomic E-state index is 12.1. The molecule has 0 fully saturated rings. The molecule has 0 atom stereocenters. The normalized spacial score (nSPS) is 10.6. The summed E-state index contributed by atoms with van der Waals surface area (Å²) in [5.74, 6) is 0.794. The SMILES string of the molecule is Cc1ccc(OCCCC(=O)Nc2nc(-c3ccc(C)c(C)c3)cs2)cc1. The van der Waals surface area contributed by atoms with Crippen molar-refractivity contribution in [2.75, 3.05) is 11.9 Å². The molecule has 0 aliphatic rings. The van der Waals surface area contributed by atoms with E-state index >= 15 is 0 Å². The summed E-state index contributed by atoms with van der Waals surface area (Å²) in [6, 6.07) is 14.2. The van der Waals surface area contributed by atoms with Gasteiger partial charge in [-0.15, -0.1) is 11.3 Å². The zero-order valence-corrected chi connectivity index (χ0v) is 16.7. The Morgan fingerprint density at radius 1 is 1.07 bits per heavy atom. The minimum Gasteiger partial charge on any atom is -0.494 e. The van der Waals surface area contributed by atoms with Crippen LogP contribution in [0.25, 0.3) is 11.3 Å². The Morgan fingerprint density at radius 3 is 2.59 bits per heavy atom. The van der Waals surface area contributed by atoms with Gasteiger partial charge >= 0.3 is 0 Å². The number of carbonyl (C=O) groups is 1. The Labute approximate surface area is 164 Å². The number of aryl methyl sites for hydroxylation is 3. The minimum absolute atomic E-state index is 0.0384. The first kappa shape index (κ1) is 19.1. The van der Waals surface area contributed by atoms with Crippen LogP contribution in [0.2, 0.25) is 0 Å². The van der Waals surface area contributed by atoms with Crippen molar-refractivity contribution in [1.29, 1.82) is 0 Å². The molecule has 0 aliphatic carbocycles. The van der Waals surface area contributed by atoms with E-state index in [1.165, 1.54) is 28.0 Å². The Balaban J connectivity index is 1.46. The van der Waals surface area contributed by atoms with Crippen LogP contribution in [0.5, 0.6) is 5.75 Å². The number of hydrogen-bond donors (Lipinski definition) is 1. The van der Waals surface area contributed by atoms with Gasteiger partial charge in [0, 0.05) is 17.4 Å². The third-order valence-electron chi connectivity index (χ3n) is 4.39. The van der Waals surface area contributed by atoms with Crippen LogP contribution in [0, 0.1) is 20.8 Å². The number of amides is 1. The van der Waals surface area contributed by atoms with Crippen molar-refractivity contribution in [2.45, 2.75) is 33.6 Å². The zero-order valence-electron chi connectivity index (χ0n) is 15.9. The fraction of sp³-hybridized carbons (Fsp3) is 0.273. The third-order valence-corrected chi connectivity index (χ3v) is 5.15. The number of aromatic nitrogens is 1. The number of thiazole rings is 1. The molecule has 140 valence electrons. The van der Waals surface area contributed by atoms with E-state index in [4.69, 9.17) is 4.74 Å². The summed E-state index contributed by atoms with van der Waals surface area (Å²) in [4.78, 5) is 16.6. The highest BCUT2D eigenvalue weighted by Gasteiger charge is 2.09. The van der Waals surface area contributed by atoms with E-state index in [-0.39, 0.29) is 5.91 Å². The van der Waals surface area contributed by atoms with Gasteiger partial charge in [0.1, 0.15) is 5.75 Å². The van der Waals surface area contributed by atoms with Gasteiger partial charge in [0.05, 0.1) is 12.3 Å². The van der Waals surface area contributed by atoms with Crippen molar-refractivity contribution in [2.24, 2.45) is 0 Å². The van der Waals surface area contributed by atoms with Gasteiger partial charge < -0.3 is 10.1 Å². The highest BCUT2D eigenvalue weighted by atomic mass is 32.1. The van der Waals surface area contributed by atoms with E-state index in [0.717, 1.165) is 17.0 Å². The van der Waals surface area contributed by atoms with Crippen LogP contribution in [-0.2, 0) is 4.79 Å². The predicted octanol–water partition coefficient (Wildman–Crippen LogP) is 5.53. The average molecular weight is 381 g/mol. The molecule has 0 saturated carbocycles. The Kier molecular flexibility index (Phi) is 6.24. The van der Waals surface area contributed by atoms with Crippen LogP contribution in [0.15, 0.2) is 47.8 Å². The largest absolute Gasteiger partial charge is 0.494 e. The highest BCUT2D eigenvalue weighted by Crippen LogP contribution is 2.26. The summed E-state index contributed by atoms with van der Waals surface area (Å²) in [6.07, 6.45) is 1.07. The predicted molar refractivity (Wildman–Crippen MR) is 112 cm³/mol. The molecule has 5 heteroatoms. The van der Waals surface area contributed by atoms with Crippen molar-refractivity contribution in [3.8, 4) is 17.0 Å². The monoisotopic (exact) mass is 380 g/mol. The van der Waals surface area contributed by atoms with Crippen molar-refractivity contribution < 1.29 is 9.53 Å². The second kappa shape index (κ2) is 8.82. The standard InChI is InChI=1S/C22H24N2O2S/c1-15-6-10-19(11-7-15)26-12-4-5-21(25)24-22-23-20(14-27-22)18-9-8-16(2)17(3)13-18/h6-11,13-14H,4-5,12H2,1-3H3,(H,23,24,25). The smallest absolute Gasteiger partial charge is 0.226 e. The van der Waals surface area contributed by atoms with Gasteiger partial charge in [-0.2, -0.15) is 0 Å². The number of anilines is 1. The van der Waals surface area contributed by atoms with Gasteiger partial charge in [-0.1, -0.05) is 29.8 Å². The average Bonchev–Trinajstić information content (AvgIpc) is 3.11. The summed E-state index contributed by atoms with van der Waals surface area (Å²) in [7, 11) is 0. The molecule has 1 heterocycles. The molecule has 0 saturated heterocycles.